The molecule has 2 rings (SSSR count). The zero-order valence-corrected chi connectivity index (χ0v) is 14.0. The van der Waals surface area contributed by atoms with E-state index in [9.17, 15) is 18.4 Å². The molecule has 25 heavy (non-hydrogen) atoms. The lowest BCUT2D eigenvalue weighted by atomic mass is 10.2. The van der Waals surface area contributed by atoms with E-state index in [2.05, 4.69) is 5.32 Å². The second-order valence-corrected chi connectivity index (χ2v) is 5.82. The Morgan fingerprint density at radius 1 is 1.16 bits per heavy atom. The maximum absolute atomic E-state index is 12.2. The van der Waals surface area contributed by atoms with Gasteiger partial charge in [-0.15, -0.1) is 0 Å². The average Bonchev–Trinajstić information content (AvgIpc) is 2.61. The van der Waals surface area contributed by atoms with E-state index in [4.69, 9.17) is 9.47 Å². The normalized spacial score (nSPS) is 10.4. The molecular formula is C17H15F2NO4S. The fourth-order valence-corrected chi connectivity index (χ4v) is 2.38. The lowest BCUT2D eigenvalue weighted by Crippen LogP contribution is -2.20. The van der Waals surface area contributed by atoms with Gasteiger partial charge in [0.05, 0.1) is 12.7 Å². The summed E-state index contributed by atoms with van der Waals surface area (Å²) in [6.45, 7) is -0.469. The molecule has 5 nitrogen and oxygen atoms in total. The highest BCUT2D eigenvalue weighted by Crippen LogP contribution is 2.26. The quantitative estimate of drug-likeness (QED) is 0.596. The van der Waals surface area contributed by atoms with Gasteiger partial charge in [-0.3, -0.25) is 4.79 Å². The zero-order valence-electron chi connectivity index (χ0n) is 13.2. The number of amides is 1. The van der Waals surface area contributed by atoms with Gasteiger partial charge in [0.25, 0.3) is 11.7 Å². The van der Waals surface area contributed by atoms with Crippen LogP contribution in [-0.4, -0.2) is 31.4 Å². The molecule has 132 valence electrons. The molecule has 8 heteroatoms. The monoisotopic (exact) mass is 367 g/mol. The zero-order chi connectivity index (χ0) is 18.2. The van der Waals surface area contributed by atoms with Crippen molar-refractivity contribution in [2.45, 2.75) is 10.7 Å². The minimum Gasteiger partial charge on any atom is -0.497 e. The fraction of sp³-hybridized carbons (Fsp3) is 0.176. The molecule has 1 amide bonds. The number of alkyl halides is 2. The summed E-state index contributed by atoms with van der Waals surface area (Å²) in [5.41, 5.74) is 0.682. The van der Waals surface area contributed by atoms with E-state index in [1.54, 1.807) is 18.2 Å². The lowest BCUT2D eigenvalue weighted by Gasteiger charge is -2.08. The van der Waals surface area contributed by atoms with Crippen molar-refractivity contribution in [1.29, 1.82) is 0 Å². The van der Waals surface area contributed by atoms with Gasteiger partial charge in [-0.25, -0.2) is 4.79 Å². The molecule has 0 saturated carbocycles. The Morgan fingerprint density at radius 3 is 2.52 bits per heavy atom. The summed E-state index contributed by atoms with van der Waals surface area (Å²) in [6, 6.07) is 12.3. The van der Waals surface area contributed by atoms with E-state index >= 15 is 0 Å². The third kappa shape index (κ3) is 6.07. The van der Waals surface area contributed by atoms with Crippen LogP contribution in [0.2, 0.25) is 0 Å². The molecule has 0 aliphatic rings. The van der Waals surface area contributed by atoms with Crippen LogP contribution in [0.4, 0.5) is 14.5 Å². The molecular weight excluding hydrogens is 352 g/mol. The molecule has 0 aromatic heterocycles. The number of methoxy groups -OCH3 is 1. The van der Waals surface area contributed by atoms with Gasteiger partial charge in [0.1, 0.15) is 5.75 Å². The smallest absolute Gasteiger partial charge is 0.338 e. The molecule has 2 aromatic rings. The SMILES string of the molecule is COc1cccc(C(=O)OCC(=O)Nc2ccc(SC(F)F)cc2)c1. The van der Waals surface area contributed by atoms with E-state index in [1.807, 2.05) is 0 Å². The van der Waals surface area contributed by atoms with Gasteiger partial charge in [-0.05, 0) is 42.5 Å². The van der Waals surface area contributed by atoms with Crippen LogP contribution in [0.5, 0.6) is 5.75 Å². The van der Waals surface area contributed by atoms with E-state index in [0.29, 0.717) is 28.1 Å². The number of ether oxygens (including phenoxy) is 2. The van der Waals surface area contributed by atoms with Crippen molar-refractivity contribution in [3.63, 3.8) is 0 Å². The topological polar surface area (TPSA) is 64.6 Å². The second-order valence-electron chi connectivity index (χ2n) is 4.76. The van der Waals surface area contributed by atoms with Crippen molar-refractivity contribution in [2.24, 2.45) is 0 Å². The highest BCUT2D eigenvalue weighted by Gasteiger charge is 2.11. The summed E-state index contributed by atoms with van der Waals surface area (Å²) in [6.07, 6.45) is 0. The predicted molar refractivity (Wildman–Crippen MR) is 90.2 cm³/mol. The third-order valence-electron chi connectivity index (χ3n) is 3.00. The van der Waals surface area contributed by atoms with Crippen LogP contribution >= 0.6 is 11.8 Å². The first-order chi connectivity index (χ1) is 12.0. The predicted octanol–water partition coefficient (Wildman–Crippen LogP) is 3.81. The van der Waals surface area contributed by atoms with Crippen LogP contribution in [0.25, 0.3) is 0 Å². The number of hydrogen-bond acceptors (Lipinski definition) is 5. The van der Waals surface area contributed by atoms with Crippen molar-refractivity contribution in [3.8, 4) is 5.75 Å². The molecule has 0 aliphatic heterocycles. The van der Waals surface area contributed by atoms with Crippen LogP contribution < -0.4 is 10.1 Å². The molecule has 0 atom stereocenters. The van der Waals surface area contributed by atoms with Crippen LogP contribution in [0.15, 0.2) is 53.4 Å². The maximum atomic E-state index is 12.2. The standard InChI is InChI=1S/C17H15F2NO4S/c1-23-13-4-2-3-11(9-13)16(22)24-10-15(21)20-12-5-7-14(8-6-12)25-17(18)19/h2-9,17H,10H2,1H3,(H,20,21). The maximum Gasteiger partial charge on any atom is 0.338 e. The first-order valence-corrected chi connectivity index (χ1v) is 8.02. The Balaban J connectivity index is 1.84. The number of halogens is 2. The van der Waals surface area contributed by atoms with E-state index in [-0.39, 0.29) is 5.56 Å². The molecule has 0 spiro atoms. The van der Waals surface area contributed by atoms with Gasteiger partial charge < -0.3 is 14.8 Å². The van der Waals surface area contributed by atoms with Crippen LogP contribution in [0.1, 0.15) is 10.4 Å². The number of esters is 1. The molecule has 2 aromatic carbocycles. The second kappa shape index (κ2) is 9.03. The van der Waals surface area contributed by atoms with Gasteiger partial charge >= 0.3 is 5.97 Å². The summed E-state index contributed by atoms with van der Waals surface area (Å²) in [7, 11) is 1.48. The summed E-state index contributed by atoms with van der Waals surface area (Å²) in [5, 5.41) is 2.51. The molecule has 0 radical (unpaired) electrons. The molecule has 0 aliphatic carbocycles. The molecule has 1 N–H and O–H groups in total. The van der Waals surface area contributed by atoms with Crippen molar-refractivity contribution in [1.82, 2.24) is 0 Å². The van der Waals surface area contributed by atoms with E-state index < -0.39 is 24.2 Å². The van der Waals surface area contributed by atoms with Crippen LogP contribution in [0.3, 0.4) is 0 Å². The fourth-order valence-electron chi connectivity index (χ4n) is 1.88. The number of thioether (sulfide) groups is 1. The molecule has 0 bridgehead atoms. The third-order valence-corrected chi connectivity index (χ3v) is 3.73. The first-order valence-electron chi connectivity index (χ1n) is 7.14. The Hall–Kier alpha value is -2.61. The number of anilines is 1. The van der Waals surface area contributed by atoms with Gasteiger partial charge in [0.15, 0.2) is 6.61 Å². The van der Waals surface area contributed by atoms with Crippen molar-refractivity contribution in [3.05, 3.63) is 54.1 Å². The lowest BCUT2D eigenvalue weighted by molar-refractivity contribution is -0.119. The summed E-state index contributed by atoms with van der Waals surface area (Å²) < 4.78 is 34.4. The number of benzene rings is 2. The van der Waals surface area contributed by atoms with Gasteiger partial charge in [-0.2, -0.15) is 8.78 Å². The van der Waals surface area contributed by atoms with Crippen molar-refractivity contribution < 1.29 is 27.8 Å². The number of nitrogens with one attached hydrogen (secondary N) is 1. The molecule has 0 unspecified atom stereocenters. The van der Waals surface area contributed by atoms with Crippen LogP contribution in [-0.2, 0) is 9.53 Å². The number of carbonyl (C=O) groups excluding carboxylic acids is 2. The Bertz CT molecular complexity index is 738. The van der Waals surface area contributed by atoms with Crippen molar-refractivity contribution >= 4 is 29.3 Å². The summed E-state index contributed by atoms with van der Waals surface area (Å²) >= 11 is 0.415. The van der Waals surface area contributed by atoms with Crippen molar-refractivity contribution in [2.75, 3.05) is 19.0 Å². The minimum atomic E-state index is -2.50. The largest absolute Gasteiger partial charge is 0.497 e. The van der Waals surface area contributed by atoms with Gasteiger partial charge in [0.2, 0.25) is 0 Å². The molecule has 0 heterocycles. The number of rotatable bonds is 7. The van der Waals surface area contributed by atoms with Gasteiger partial charge in [-0.1, -0.05) is 17.8 Å². The highest BCUT2D eigenvalue weighted by atomic mass is 32.2. The van der Waals surface area contributed by atoms with Gasteiger partial charge in [0, 0.05) is 10.6 Å². The highest BCUT2D eigenvalue weighted by molar-refractivity contribution is 7.99. The first kappa shape index (κ1) is 18.7. The van der Waals surface area contributed by atoms with E-state index in [1.165, 1.54) is 37.4 Å². The number of hydrogen-bond donors (Lipinski definition) is 1. The minimum absolute atomic E-state index is 0.264. The number of carbonyl (C=O) groups is 2. The Morgan fingerprint density at radius 2 is 1.88 bits per heavy atom. The molecule has 0 saturated heterocycles. The van der Waals surface area contributed by atoms with Crippen LogP contribution in [0, 0.1) is 0 Å². The van der Waals surface area contributed by atoms with E-state index in [0.717, 1.165) is 0 Å². The Labute approximate surface area is 147 Å². The average molecular weight is 367 g/mol. The summed E-state index contributed by atoms with van der Waals surface area (Å²) in [4.78, 5) is 24.1. The molecule has 0 fully saturated rings. The summed E-state index contributed by atoms with van der Waals surface area (Å²) in [5.74, 6) is -3.19. The Kier molecular flexibility index (Phi) is 6.76.